The van der Waals surface area contributed by atoms with E-state index in [1.807, 2.05) is 36.9 Å². The lowest BCUT2D eigenvalue weighted by Gasteiger charge is -2.35. The number of amides is 1. The van der Waals surface area contributed by atoms with Crippen LogP contribution in [0.5, 0.6) is 5.75 Å². The summed E-state index contributed by atoms with van der Waals surface area (Å²) in [6.07, 6.45) is 0. The molecule has 8 heteroatoms. The highest BCUT2D eigenvalue weighted by Crippen LogP contribution is 2.18. The number of benzene rings is 2. The maximum atomic E-state index is 13.1. The normalized spacial score (nSPS) is 14.7. The van der Waals surface area contributed by atoms with Gasteiger partial charge in [-0.3, -0.25) is 9.69 Å². The highest BCUT2D eigenvalue weighted by Gasteiger charge is 2.23. The van der Waals surface area contributed by atoms with Gasteiger partial charge in [-0.25, -0.2) is 4.68 Å². The summed E-state index contributed by atoms with van der Waals surface area (Å²) in [7, 11) is 0. The number of carbonyl (C=O) groups excluding carboxylic acids is 1. The van der Waals surface area contributed by atoms with Crippen LogP contribution in [0.15, 0.2) is 48.5 Å². The third-order valence-electron chi connectivity index (χ3n) is 5.81. The Balaban J connectivity index is 1.33. The molecule has 0 bridgehead atoms. The Morgan fingerprint density at radius 3 is 2.59 bits per heavy atom. The van der Waals surface area contributed by atoms with E-state index in [0.29, 0.717) is 17.1 Å². The number of carbonyl (C=O) groups is 1. The van der Waals surface area contributed by atoms with Crippen molar-refractivity contribution in [3.63, 3.8) is 0 Å². The van der Waals surface area contributed by atoms with E-state index in [1.54, 1.807) is 10.7 Å². The summed E-state index contributed by atoms with van der Waals surface area (Å²) >= 11 is 0. The third kappa shape index (κ3) is 5.13. The van der Waals surface area contributed by atoms with Crippen molar-refractivity contribution in [1.82, 2.24) is 30.0 Å². The van der Waals surface area contributed by atoms with Gasteiger partial charge in [-0.2, -0.15) is 0 Å². The van der Waals surface area contributed by atoms with E-state index in [4.69, 9.17) is 4.74 Å². The van der Waals surface area contributed by atoms with Crippen molar-refractivity contribution in [1.29, 1.82) is 0 Å². The van der Waals surface area contributed by atoms with E-state index in [2.05, 4.69) is 51.6 Å². The molecule has 0 saturated carbocycles. The van der Waals surface area contributed by atoms with Crippen LogP contribution in [0.25, 0.3) is 0 Å². The lowest BCUT2D eigenvalue weighted by Crippen LogP contribution is -2.48. The number of piperazine rings is 1. The highest BCUT2D eigenvalue weighted by molar-refractivity contribution is 5.94. The Hall–Kier alpha value is -3.26. The largest absolute Gasteiger partial charge is 0.486 e. The maximum absolute atomic E-state index is 13.1. The Labute approximate surface area is 188 Å². The molecule has 1 aromatic heterocycles. The number of ether oxygens (including phenoxy) is 1. The topological polar surface area (TPSA) is 76.4 Å². The number of hydrogen-bond donors (Lipinski definition) is 0. The average Bonchev–Trinajstić information content (AvgIpc) is 3.29. The first-order valence-electron chi connectivity index (χ1n) is 11.1. The highest BCUT2D eigenvalue weighted by atomic mass is 16.5. The Kier molecular flexibility index (Phi) is 6.80. The van der Waals surface area contributed by atoms with Gasteiger partial charge in [0.2, 0.25) is 0 Å². The SMILES string of the molecule is Cc1ccccc1CN1CCN(C(=O)c2cccc(OCc3nnnn3C(C)C)c2)CC1. The summed E-state index contributed by atoms with van der Waals surface area (Å²) in [4.78, 5) is 17.4. The Morgan fingerprint density at radius 1 is 1.06 bits per heavy atom. The van der Waals surface area contributed by atoms with Crippen molar-refractivity contribution in [2.24, 2.45) is 0 Å². The van der Waals surface area contributed by atoms with Gasteiger partial charge in [0.1, 0.15) is 12.4 Å². The van der Waals surface area contributed by atoms with Gasteiger partial charge in [0.15, 0.2) is 5.82 Å². The lowest BCUT2D eigenvalue weighted by molar-refractivity contribution is 0.0627. The minimum Gasteiger partial charge on any atom is -0.486 e. The Morgan fingerprint density at radius 2 is 1.84 bits per heavy atom. The van der Waals surface area contributed by atoms with Gasteiger partial charge in [-0.05, 0) is 60.5 Å². The molecule has 1 aliphatic heterocycles. The van der Waals surface area contributed by atoms with E-state index < -0.39 is 0 Å². The van der Waals surface area contributed by atoms with Crippen molar-refractivity contribution in [2.45, 2.75) is 40.0 Å². The van der Waals surface area contributed by atoms with Crippen LogP contribution in [0, 0.1) is 6.92 Å². The number of rotatable bonds is 7. The van der Waals surface area contributed by atoms with E-state index in [9.17, 15) is 4.79 Å². The molecule has 8 nitrogen and oxygen atoms in total. The van der Waals surface area contributed by atoms with Gasteiger partial charge < -0.3 is 9.64 Å². The molecule has 168 valence electrons. The molecule has 3 aromatic rings. The summed E-state index contributed by atoms with van der Waals surface area (Å²) < 4.78 is 7.60. The standard InChI is InChI=1S/C24H30N6O2/c1-18(2)30-23(25-26-27-30)17-32-22-10-6-9-20(15-22)24(31)29-13-11-28(12-14-29)16-21-8-5-4-7-19(21)3/h4-10,15,18H,11-14,16-17H2,1-3H3. The average molecular weight is 435 g/mol. The zero-order chi connectivity index (χ0) is 22.5. The minimum atomic E-state index is 0.0398. The fraction of sp³-hybridized carbons (Fsp3) is 0.417. The second-order valence-corrected chi connectivity index (χ2v) is 8.44. The van der Waals surface area contributed by atoms with Gasteiger partial charge in [0.05, 0.1) is 6.04 Å². The predicted molar refractivity (Wildman–Crippen MR) is 121 cm³/mol. The smallest absolute Gasteiger partial charge is 0.254 e. The second kappa shape index (κ2) is 9.91. The fourth-order valence-electron chi connectivity index (χ4n) is 3.90. The van der Waals surface area contributed by atoms with Crippen molar-refractivity contribution in [3.8, 4) is 5.75 Å². The first kappa shape index (κ1) is 22.0. The molecule has 2 aromatic carbocycles. The van der Waals surface area contributed by atoms with Gasteiger partial charge in [-0.15, -0.1) is 5.10 Å². The van der Waals surface area contributed by atoms with E-state index in [-0.39, 0.29) is 18.6 Å². The maximum Gasteiger partial charge on any atom is 0.254 e. The summed E-state index contributed by atoms with van der Waals surface area (Å²) in [5.41, 5.74) is 3.30. The summed E-state index contributed by atoms with van der Waals surface area (Å²) in [5, 5.41) is 11.7. The lowest BCUT2D eigenvalue weighted by atomic mass is 10.1. The molecule has 1 aliphatic rings. The Bertz CT molecular complexity index is 1060. The molecule has 0 spiro atoms. The van der Waals surface area contributed by atoms with Crippen LogP contribution in [0.2, 0.25) is 0 Å². The molecule has 2 heterocycles. The van der Waals surface area contributed by atoms with Crippen molar-refractivity contribution < 1.29 is 9.53 Å². The van der Waals surface area contributed by atoms with Crippen LogP contribution < -0.4 is 4.74 Å². The number of aryl methyl sites for hydroxylation is 1. The molecule has 0 unspecified atom stereocenters. The monoisotopic (exact) mass is 434 g/mol. The molecule has 1 saturated heterocycles. The fourth-order valence-corrected chi connectivity index (χ4v) is 3.90. The van der Waals surface area contributed by atoms with Crippen LogP contribution in [0.3, 0.4) is 0 Å². The number of aromatic nitrogens is 4. The molecule has 0 atom stereocenters. The molecule has 1 amide bonds. The molecule has 4 rings (SSSR count). The molecule has 1 fully saturated rings. The zero-order valence-corrected chi connectivity index (χ0v) is 18.9. The van der Waals surface area contributed by atoms with Gasteiger partial charge in [0, 0.05) is 38.3 Å². The third-order valence-corrected chi connectivity index (χ3v) is 5.81. The minimum absolute atomic E-state index is 0.0398. The summed E-state index contributed by atoms with van der Waals surface area (Å²) in [6.45, 7) is 10.5. The quantitative estimate of drug-likeness (QED) is 0.569. The molecule has 32 heavy (non-hydrogen) atoms. The van der Waals surface area contributed by atoms with Crippen LogP contribution in [0.4, 0.5) is 0 Å². The first-order chi connectivity index (χ1) is 15.5. The molecule has 0 radical (unpaired) electrons. The number of hydrogen-bond acceptors (Lipinski definition) is 6. The van der Waals surface area contributed by atoms with E-state index in [1.165, 1.54) is 11.1 Å². The molecule has 0 aliphatic carbocycles. The van der Waals surface area contributed by atoms with Crippen LogP contribution in [-0.4, -0.2) is 62.1 Å². The molecular weight excluding hydrogens is 404 g/mol. The van der Waals surface area contributed by atoms with Crippen molar-refractivity contribution in [3.05, 3.63) is 71.0 Å². The molecular formula is C24H30N6O2. The van der Waals surface area contributed by atoms with Crippen molar-refractivity contribution in [2.75, 3.05) is 26.2 Å². The van der Waals surface area contributed by atoms with Crippen LogP contribution >= 0.6 is 0 Å². The van der Waals surface area contributed by atoms with E-state index >= 15 is 0 Å². The van der Waals surface area contributed by atoms with Gasteiger partial charge >= 0.3 is 0 Å². The number of tetrazole rings is 1. The van der Waals surface area contributed by atoms with Gasteiger partial charge in [-0.1, -0.05) is 30.3 Å². The summed E-state index contributed by atoms with van der Waals surface area (Å²) in [5.74, 6) is 1.33. The second-order valence-electron chi connectivity index (χ2n) is 8.44. The van der Waals surface area contributed by atoms with Crippen LogP contribution in [0.1, 0.15) is 47.2 Å². The van der Waals surface area contributed by atoms with Crippen LogP contribution in [-0.2, 0) is 13.2 Å². The zero-order valence-electron chi connectivity index (χ0n) is 18.9. The first-order valence-corrected chi connectivity index (χ1v) is 11.1. The van der Waals surface area contributed by atoms with Crippen molar-refractivity contribution >= 4 is 5.91 Å². The molecule has 0 N–H and O–H groups in total. The predicted octanol–water partition coefficient (Wildman–Crippen LogP) is 3.10. The number of nitrogens with zero attached hydrogens (tertiary/aromatic N) is 6. The van der Waals surface area contributed by atoms with Gasteiger partial charge in [0.25, 0.3) is 5.91 Å². The van der Waals surface area contributed by atoms with E-state index in [0.717, 1.165) is 32.7 Å². The summed E-state index contributed by atoms with van der Waals surface area (Å²) in [6, 6.07) is 16.0.